The van der Waals surface area contributed by atoms with Crippen molar-refractivity contribution in [2.75, 3.05) is 11.9 Å². The molecule has 0 saturated heterocycles. The van der Waals surface area contributed by atoms with E-state index in [4.69, 9.17) is 9.84 Å². The molecule has 1 aromatic rings. The number of phenolic OH excluding ortho intramolecular Hbond substituents is 1. The first kappa shape index (κ1) is 16.2. The summed E-state index contributed by atoms with van der Waals surface area (Å²) in [6, 6.07) is 3.07. The van der Waals surface area contributed by atoms with Gasteiger partial charge in [-0.15, -0.1) is 0 Å². The van der Waals surface area contributed by atoms with E-state index in [2.05, 4.69) is 5.32 Å². The van der Waals surface area contributed by atoms with E-state index in [1.54, 1.807) is 20.8 Å². The van der Waals surface area contributed by atoms with E-state index in [-0.39, 0.29) is 5.69 Å². The Labute approximate surface area is 115 Å². The highest BCUT2D eigenvalue weighted by Gasteiger charge is 2.33. The topological polar surface area (TPSA) is 78.8 Å². The quantitative estimate of drug-likeness (QED) is 0.799. The van der Waals surface area contributed by atoms with Gasteiger partial charge in [-0.1, -0.05) is 0 Å². The lowest BCUT2D eigenvalue weighted by atomic mass is 10.1. The first-order chi connectivity index (χ1) is 9.05. The van der Waals surface area contributed by atoms with Crippen LogP contribution in [0.2, 0.25) is 0 Å². The lowest BCUT2D eigenvalue weighted by molar-refractivity contribution is -0.0571. The van der Waals surface area contributed by atoms with Crippen molar-refractivity contribution in [3.63, 3.8) is 0 Å². The number of anilines is 1. The summed E-state index contributed by atoms with van der Waals surface area (Å²) in [5, 5.41) is 20.4. The Balaban J connectivity index is 2.86. The van der Waals surface area contributed by atoms with Crippen molar-refractivity contribution < 1.29 is 28.5 Å². The van der Waals surface area contributed by atoms with Gasteiger partial charge in [0.05, 0.1) is 5.56 Å². The largest absolute Gasteiger partial charge is 0.507 e. The monoisotopic (exact) mass is 289 g/mol. The summed E-state index contributed by atoms with van der Waals surface area (Å²) in [4.78, 5) is 11.5. The van der Waals surface area contributed by atoms with E-state index < -0.39 is 35.5 Å². The van der Waals surface area contributed by atoms with Gasteiger partial charge in [-0.2, -0.15) is 8.78 Å². The normalized spacial score (nSPS) is 12.1. The van der Waals surface area contributed by atoms with Crippen molar-refractivity contribution in [3.05, 3.63) is 23.8 Å². The van der Waals surface area contributed by atoms with Crippen LogP contribution in [0.25, 0.3) is 0 Å². The van der Waals surface area contributed by atoms with Gasteiger partial charge in [0.15, 0.2) is 0 Å². The molecule has 20 heavy (non-hydrogen) atoms. The fourth-order valence-electron chi connectivity index (χ4n) is 1.43. The standard InChI is InChI=1S/C13H17F2NO4/c1-12(2,3)20-11(19)16-8-4-5-9(10(18)6-8)13(14,15)7-17/h4-6,17-18H,7H2,1-3H3,(H,16,19). The van der Waals surface area contributed by atoms with Gasteiger partial charge in [0.1, 0.15) is 18.0 Å². The summed E-state index contributed by atoms with van der Waals surface area (Å²) in [6.07, 6.45) is -0.765. The van der Waals surface area contributed by atoms with E-state index in [9.17, 15) is 18.7 Å². The fraction of sp³-hybridized carbons (Fsp3) is 0.462. The number of rotatable bonds is 3. The Morgan fingerprint density at radius 1 is 1.35 bits per heavy atom. The molecular weight excluding hydrogens is 272 g/mol. The average molecular weight is 289 g/mol. The lowest BCUT2D eigenvalue weighted by Gasteiger charge is -2.20. The highest BCUT2D eigenvalue weighted by Crippen LogP contribution is 2.35. The highest BCUT2D eigenvalue weighted by atomic mass is 19.3. The SMILES string of the molecule is CC(C)(C)OC(=O)Nc1ccc(C(F)(F)CO)c(O)c1. The zero-order valence-corrected chi connectivity index (χ0v) is 11.4. The molecule has 0 heterocycles. The molecule has 0 aliphatic rings. The smallest absolute Gasteiger partial charge is 0.412 e. The fourth-order valence-corrected chi connectivity index (χ4v) is 1.43. The third-order valence-corrected chi connectivity index (χ3v) is 2.24. The number of phenols is 1. The molecule has 0 atom stereocenters. The van der Waals surface area contributed by atoms with Crippen LogP contribution < -0.4 is 5.32 Å². The maximum absolute atomic E-state index is 13.2. The second-order valence-electron chi connectivity index (χ2n) is 5.22. The number of aromatic hydroxyl groups is 1. The third kappa shape index (κ3) is 4.34. The van der Waals surface area contributed by atoms with Gasteiger partial charge >= 0.3 is 6.09 Å². The highest BCUT2D eigenvalue weighted by molar-refractivity contribution is 5.85. The maximum atomic E-state index is 13.2. The molecule has 7 heteroatoms. The van der Waals surface area contributed by atoms with Gasteiger partial charge in [-0.3, -0.25) is 5.32 Å². The van der Waals surface area contributed by atoms with E-state index >= 15 is 0 Å². The number of amides is 1. The van der Waals surface area contributed by atoms with E-state index in [1.165, 1.54) is 6.07 Å². The molecule has 0 saturated carbocycles. The molecule has 0 fully saturated rings. The minimum atomic E-state index is -3.55. The van der Waals surface area contributed by atoms with Crippen LogP contribution in [-0.2, 0) is 10.7 Å². The van der Waals surface area contributed by atoms with E-state index in [1.807, 2.05) is 0 Å². The van der Waals surface area contributed by atoms with Gasteiger partial charge in [0.25, 0.3) is 5.92 Å². The van der Waals surface area contributed by atoms with Crippen LogP contribution in [0.5, 0.6) is 5.75 Å². The van der Waals surface area contributed by atoms with Crippen LogP contribution >= 0.6 is 0 Å². The van der Waals surface area contributed by atoms with Crippen LogP contribution in [0.15, 0.2) is 18.2 Å². The van der Waals surface area contributed by atoms with Crippen molar-refractivity contribution in [3.8, 4) is 5.75 Å². The van der Waals surface area contributed by atoms with Gasteiger partial charge in [0, 0.05) is 11.8 Å². The van der Waals surface area contributed by atoms with E-state index in [0.717, 1.165) is 12.1 Å². The Morgan fingerprint density at radius 3 is 2.40 bits per heavy atom. The number of hydrogen-bond donors (Lipinski definition) is 3. The van der Waals surface area contributed by atoms with Gasteiger partial charge in [0.2, 0.25) is 0 Å². The Bertz CT molecular complexity index is 498. The van der Waals surface area contributed by atoms with Crippen molar-refractivity contribution in [2.24, 2.45) is 0 Å². The summed E-state index contributed by atoms with van der Waals surface area (Å²) in [5.41, 5.74) is -1.31. The zero-order chi connectivity index (χ0) is 15.6. The summed E-state index contributed by atoms with van der Waals surface area (Å²) < 4.78 is 31.5. The predicted molar refractivity (Wildman–Crippen MR) is 68.9 cm³/mol. The number of nitrogens with one attached hydrogen (secondary N) is 1. The molecule has 0 unspecified atom stereocenters. The Hall–Kier alpha value is -1.89. The van der Waals surface area contributed by atoms with Gasteiger partial charge in [-0.25, -0.2) is 4.79 Å². The Morgan fingerprint density at radius 2 is 1.95 bits per heavy atom. The Kier molecular flexibility index (Phi) is 4.54. The zero-order valence-electron chi connectivity index (χ0n) is 11.4. The van der Waals surface area contributed by atoms with Crippen molar-refractivity contribution >= 4 is 11.8 Å². The summed E-state index contributed by atoms with van der Waals surface area (Å²) in [5.74, 6) is -4.27. The van der Waals surface area contributed by atoms with Gasteiger partial charge in [-0.05, 0) is 32.9 Å². The molecule has 1 amide bonds. The van der Waals surface area contributed by atoms with E-state index in [0.29, 0.717) is 0 Å². The number of halogens is 2. The van der Waals surface area contributed by atoms with Crippen molar-refractivity contribution in [1.29, 1.82) is 0 Å². The van der Waals surface area contributed by atoms with Crippen LogP contribution in [0.1, 0.15) is 26.3 Å². The number of aliphatic hydroxyl groups excluding tert-OH is 1. The molecular formula is C13H17F2NO4. The first-order valence-corrected chi connectivity index (χ1v) is 5.87. The lowest BCUT2D eigenvalue weighted by Crippen LogP contribution is -2.27. The second kappa shape index (κ2) is 5.62. The molecule has 0 spiro atoms. The number of aliphatic hydroxyl groups is 1. The molecule has 1 aromatic carbocycles. The summed E-state index contributed by atoms with van der Waals surface area (Å²) in [7, 11) is 0. The minimum Gasteiger partial charge on any atom is -0.507 e. The number of carbonyl (C=O) groups excluding carboxylic acids is 1. The molecule has 112 valence electrons. The average Bonchev–Trinajstić information content (AvgIpc) is 2.25. The number of hydrogen-bond acceptors (Lipinski definition) is 4. The number of benzene rings is 1. The van der Waals surface area contributed by atoms with Gasteiger partial charge < -0.3 is 14.9 Å². The molecule has 3 N–H and O–H groups in total. The van der Waals surface area contributed by atoms with Crippen molar-refractivity contribution in [1.82, 2.24) is 0 Å². The number of carbonyl (C=O) groups is 1. The molecule has 0 bridgehead atoms. The first-order valence-electron chi connectivity index (χ1n) is 5.87. The molecule has 0 aliphatic heterocycles. The van der Waals surface area contributed by atoms with Crippen molar-refractivity contribution in [2.45, 2.75) is 32.3 Å². The third-order valence-electron chi connectivity index (χ3n) is 2.24. The molecule has 5 nitrogen and oxygen atoms in total. The van der Waals surface area contributed by atoms with Crippen LogP contribution in [0.3, 0.4) is 0 Å². The second-order valence-corrected chi connectivity index (χ2v) is 5.22. The number of ether oxygens (including phenoxy) is 1. The summed E-state index contributed by atoms with van der Waals surface area (Å²) in [6.45, 7) is 3.61. The summed E-state index contributed by atoms with van der Waals surface area (Å²) >= 11 is 0. The maximum Gasteiger partial charge on any atom is 0.412 e. The molecule has 0 radical (unpaired) electrons. The predicted octanol–water partition coefficient (Wildman–Crippen LogP) is 2.82. The molecule has 0 aliphatic carbocycles. The van der Waals surface area contributed by atoms with Crippen LogP contribution in [0, 0.1) is 0 Å². The molecule has 0 aromatic heterocycles. The van der Waals surface area contributed by atoms with Crippen LogP contribution in [0.4, 0.5) is 19.3 Å². The minimum absolute atomic E-state index is 0.106. The van der Waals surface area contributed by atoms with Crippen LogP contribution in [-0.4, -0.2) is 28.5 Å². The molecule has 1 rings (SSSR count). The number of alkyl halides is 2.